The van der Waals surface area contributed by atoms with Gasteiger partial charge in [0, 0.05) is 31.7 Å². The lowest BCUT2D eigenvalue weighted by Gasteiger charge is -2.29. The van der Waals surface area contributed by atoms with Crippen LogP contribution in [-0.2, 0) is 12.8 Å². The molecule has 6 heteroatoms. The number of fused-ring (bicyclic) bond motifs is 1. The van der Waals surface area contributed by atoms with Crippen LogP contribution in [-0.4, -0.2) is 54.5 Å². The van der Waals surface area contributed by atoms with Crippen LogP contribution in [0.15, 0.2) is 0 Å². The number of hydrogen-bond acceptors (Lipinski definition) is 6. The number of anilines is 1. The van der Waals surface area contributed by atoms with E-state index in [1.54, 1.807) is 0 Å². The monoisotopic (exact) mass is 278 g/mol. The number of nitrogens with one attached hydrogen (secondary N) is 1. The summed E-state index contributed by atoms with van der Waals surface area (Å²) in [4.78, 5) is 11.6. The van der Waals surface area contributed by atoms with Gasteiger partial charge < -0.3 is 20.1 Å². The van der Waals surface area contributed by atoms with E-state index in [1.807, 2.05) is 0 Å². The van der Waals surface area contributed by atoms with Gasteiger partial charge in [0.05, 0.1) is 12.3 Å². The van der Waals surface area contributed by atoms with Gasteiger partial charge in [-0.25, -0.2) is 4.98 Å². The molecule has 1 aliphatic heterocycles. The Hall–Kier alpha value is -1.40. The molecule has 1 saturated heterocycles. The molecular weight excluding hydrogens is 256 g/mol. The Labute approximate surface area is 119 Å². The maximum absolute atomic E-state index is 8.96. The lowest BCUT2D eigenvalue weighted by atomic mass is 9.97. The first-order valence-corrected chi connectivity index (χ1v) is 7.47. The van der Waals surface area contributed by atoms with Crippen LogP contribution in [0.4, 0.5) is 5.95 Å². The van der Waals surface area contributed by atoms with Gasteiger partial charge in [-0.2, -0.15) is 4.98 Å². The van der Waals surface area contributed by atoms with Crippen molar-refractivity contribution in [3.8, 4) is 5.88 Å². The first-order valence-electron chi connectivity index (χ1n) is 7.47. The van der Waals surface area contributed by atoms with E-state index < -0.39 is 0 Å². The van der Waals surface area contributed by atoms with Gasteiger partial charge in [0.2, 0.25) is 11.8 Å². The van der Waals surface area contributed by atoms with Gasteiger partial charge >= 0.3 is 0 Å². The van der Waals surface area contributed by atoms with Crippen LogP contribution < -0.4 is 15.0 Å². The van der Waals surface area contributed by atoms with E-state index in [2.05, 4.69) is 15.2 Å². The zero-order valence-electron chi connectivity index (χ0n) is 11.8. The van der Waals surface area contributed by atoms with Crippen molar-refractivity contribution in [1.29, 1.82) is 0 Å². The first-order chi connectivity index (χ1) is 9.88. The van der Waals surface area contributed by atoms with Crippen LogP contribution in [0.25, 0.3) is 0 Å². The summed E-state index contributed by atoms with van der Waals surface area (Å²) in [7, 11) is 0. The molecule has 1 aromatic heterocycles. The minimum atomic E-state index is 0.0156. The minimum absolute atomic E-state index is 0.0156. The third kappa shape index (κ3) is 2.86. The molecule has 2 aliphatic rings. The SMILES string of the molecule is OCCOc1nc(N2CCNCC2)nc2c1CCCC2. The number of aliphatic hydroxyl groups excluding tert-OH is 1. The Balaban J connectivity index is 1.89. The number of hydrogen-bond donors (Lipinski definition) is 2. The minimum Gasteiger partial charge on any atom is -0.475 e. The maximum Gasteiger partial charge on any atom is 0.228 e. The lowest BCUT2D eigenvalue weighted by Crippen LogP contribution is -2.44. The molecule has 0 bridgehead atoms. The number of nitrogens with zero attached hydrogens (tertiary/aromatic N) is 3. The quantitative estimate of drug-likeness (QED) is 0.816. The second kappa shape index (κ2) is 6.37. The van der Waals surface area contributed by atoms with Crippen LogP contribution in [0, 0.1) is 0 Å². The number of piperazine rings is 1. The molecule has 0 spiro atoms. The molecule has 0 aromatic carbocycles. The summed E-state index contributed by atoms with van der Waals surface area (Å²) in [6.45, 7) is 4.10. The highest BCUT2D eigenvalue weighted by atomic mass is 16.5. The van der Waals surface area contributed by atoms with Crippen LogP contribution in [0.2, 0.25) is 0 Å². The molecule has 2 heterocycles. The molecule has 0 radical (unpaired) electrons. The van der Waals surface area contributed by atoms with Gasteiger partial charge in [0.15, 0.2) is 0 Å². The van der Waals surface area contributed by atoms with Crippen molar-refractivity contribution in [2.45, 2.75) is 25.7 Å². The van der Waals surface area contributed by atoms with Crippen molar-refractivity contribution in [2.75, 3.05) is 44.3 Å². The average molecular weight is 278 g/mol. The van der Waals surface area contributed by atoms with E-state index in [0.29, 0.717) is 12.5 Å². The van der Waals surface area contributed by atoms with E-state index in [0.717, 1.165) is 56.2 Å². The number of aromatic nitrogens is 2. The molecular formula is C14H22N4O2. The van der Waals surface area contributed by atoms with Crippen molar-refractivity contribution < 1.29 is 9.84 Å². The molecule has 0 atom stereocenters. The first kappa shape index (κ1) is 13.6. The zero-order valence-corrected chi connectivity index (χ0v) is 11.8. The second-order valence-electron chi connectivity index (χ2n) is 5.27. The summed E-state index contributed by atoms with van der Waals surface area (Å²) in [5.41, 5.74) is 2.27. The summed E-state index contributed by atoms with van der Waals surface area (Å²) in [6, 6.07) is 0. The van der Waals surface area contributed by atoms with Gasteiger partial charge in [-0.15, -0.1) is 0 Å². The van der Waals surface area contributed by atoms with Crippen molar-refractivity contribution in [1.82, 2.24) is 15.3 Å². The Bertz CT molecular complexity index is 461. The van der Waals surface area contributed by atoms with Gasteiger partial charge in [-0.05, 0) is 25.7 Å². The van der Waals surface area contributed by atoms with Gasteiger partial charge in [-0.1, -0.05) is 0 Å². The Morgan fingerprint density at radius 3 is 2.75 bits per heavy atom. The predicted octanol–water partition coefficient (Wildman–Crippen LogP) is 0.136. The highest BCUT2D eigenvalue weighted by Gasteiger charge is 2.22. The number of aliphatic hydroxyl groups is 1. The van der Waals surface area contributed by atoms with E-state index in [9.17, 15) is 0 Å². The fourth-order valence-electron chi connectivity index (χ4n) is 2.82. The third-order valence-corrected chi connectivity index (χ3v) is 3.86. The van der Waals surface area contributed by atoms with E-state index in [-0.39, 0.29) is 6.61 Å². The van der Waals surface area contributed by atoms with E-state index in [1.165, 1.54) is 12.8 Å². The molecule has 6 nitrogen and oxygen atoms in total. The normalized spacial score (nSPS) is 18.8. The number of rotatable bonds is 4. The average Bonchev–Trinajstić information content (AvgIpc) is 2.53. The van der Waals surface area contributed by atoms with Crippen molar-refractivity contribution in [3.05, 3.63) is 11.3 Å². The summed E-state index contributed by atoms with van der Waals surface area (Å²) >= 11 is 0. The smallest absolute Gasteiger partial charge is 0.228 e. The van der Waals surface area contributed by atoms with Crippen LogP contribution >= 0.6 is 0 Å². The fourth-order valence-corrected chi connectivity index (χ4v) is 2.82. The molecule has 0 unspecified atom stereocenters. The molecule has 1 aromatic rings. The van der Waals surface area contributed by atoms with Crippen LogP contribution in [0.3, 0.4) is 0 Å². The third-order valence-electron chi connectivity index (χ3n) is 3.86. The molecule has 0 saturated carbocycles. The lowest BCUT2D eigenvalue weighted by molar-refractivity contribution is 0.194. The van der Waals surface area contributed by atoms with E-state index in [4.69, 9.17) is 14.8 Å². The van der Waals surface area contributed by atoms with Gasteiger partial charge in [0.25, 0.3) is 0 Å². The van der Waals surface area contributed by atoms with Crippen molar-refractivity contribution in [2.24, 2.45) is 0 Å². The topological polar surface area (TPSA) is 70.5 Å². The van der Waals surface area contributed by atoms with Gasteiger partial charge in [-0.3, -0.25) is 0 Å². The maximum atomic E-state index is 8.96. The fraction of sp³-hybridized carbons (Fsp3) is 0.714. The summed E-state index contributed by atoms with van der Waals surface area (Å²) < 4.78 is 5.64. The summed E-state index contributed by atoms with van der Waals surface area (Å²) in [5, 5.41) is 12.3. The van der Waals surface area contributed by atoms with Crippen LogP contribution in [0.1, 0.15) is 24.1 Å². The Kier molecular flexibility index (Phi) is 4.32. The zero-order chi connectivity index (χ0) is 13.8. The largest absolute Gasteiger partial charge is 0.475 e. The molecule has 2 N–H and O–H groups in total. The molecule has 3 rings (SSSR count). The highest BCUT2D eigenvalue weighted by molar-refractivity contribution is 5.42. The molecule has 1 fully saturated rings. The summed E-state index contributed by atoms with van der Waals surface area (Å²) in [6.07, 6.45) is 4.34. The number of aryl methyl sites for hydroxylation is 1. The molecule has 1 aliphatic carbocycles. The summed E-state index contributed by atoms with van der Waals surface area (Å²) in [5.74, 6) is 1.46. The highest BCUT2D eigenvalue weighted by Crippen LogP contribution is 2.29. The molecule has 0 amide bonds. The Morgan fingerprint density at radius 1 is 1.15 bits per heavy atom. The van der Waals surface area contributed by atoms with Crippen molar-refractivity contribution >= 4 is 5.95 Å². The second-order valence-corrected chi connectivity index (χ2v) is 5.27. The molecule has 110 valence electrons. The van der Waals surface area contributed by atoms with E-state index >= 15 is 0 Å². The van der Waals surface area contributed by atoms with Crippen LogP contribution in [0.5, 0.6) is 5.88 Å². The predicted molar refractivity (Wildman–Crippen MR) is 76.3 cm³/mol. The standard InChI is InChI=1S/C14H22N4O2/c19-9-10-20-13-11-3-1-2-4-12(11)16-14(17-13)18-7-5-15-6-8-18/h15,19H,1-10H2. The van der Waals surface area contributed by atoms with Crippen molar-refractivity contribution in [3.63, 3.8) is 0 Å². The number of ether oxygens (including phenoxy) is 1. The van der Waals surface area contributed by atoms with Gasteiger partial charge in [0.1, 0.15) is 6.61 Å². The Morgan fingerprint density at radius 2 is 1.95 bits per heavy atom. The molecule has 20 heavy (non-hydrogen) atoms.